The molecule has 112 valence electrons. The minimum Gasteiger partial charge on any atom is -0.457 e. The zero-order chi connectivity index (χ0) is 15.0. The molecule has 0 aliphatic heterocycles. The van der Waals surface area contributed by atoms with Gasteiger partial charge < -0.3 is 9.73 Å². The van der Waals surface area contributed by atoms with Gasteiger partial charge >= 0.3 is 0 Å². The summed E-state index contributed by atoms with van der Waals surface area (Å²) in [7, 11) is 0. The molecular weight excluding hydrogens is 377 g/mol. The molecule has 1 saturated carbocycles. The maximum atomic E-state index is 5.98. The quantitative estimate of drug-likeness (QED) is 0.757. The molecule has 0 radical (unpaired) electrons. The number of halogens is 1. The summed E-state index contributed by atoms with van der Waals surface area (Å²) in [4.78, 5) is 9.29. The topological polar surface area (TPSA) is 51.0 Å². The van der Waals surface area contributed by atoms with Crippen molar-refractivity contribution in [3.8, 4) is 11.6 Å². The first-order valence-corrected chi connectivity index (χ1v) is 8.62. The van der Waals surface area contributed by atoms with E-state index in [1.165, 1.54) is 6.42 Å². The predicted octanol–water partition coefficient (Wildman–Crippen LogP) is 4.46. The molecule has 2 atom stereocenters. The van der Waals surface area contributed by atoms with Crippen LogP contribution >= 0.6 is 22.6 Å². The zero-order valence-electron chi connectivity index (χ0n) is 12.6. The fraction of sp³-hybridized carbons (Fsp3) is 0.500. The Morgan fingerprint density at radius 3 is 2.71 bits per heavy atom. The Bertz CT molecular complexity index is 653. The van der Waals surface area contributed by atoms with E-state index in [1.54, 1.807) is 0 Å². The van der Waals surface area contributed by atoms with Crippen LogP contribution in [0.25, 0.3) is 11.6 Å². The summed E-state index contributed by atoms with van der Waals surface area (Å²) >= 11 is 2.31. The van der Waals surface area contributed by atoms with Crippen LogP contribution in [0, 0.1) is 9.49 Å². The van der Waals surface area contributed by atoms with Crippen molar-refractivity contribution in [2.75, 3.05) is 11.9 Å². The molecule has 0 aromatic carbocycles. The van der Waals surface area contributed by atoms with Gasteiger partial charge in [-0.1, -0.05) is 13.8 Å². The molecule has 3 rings (SSSR count). The number of aryl methyl sites for hydroxylation is 1. The Hall–Kier alpha value is -1.11. The van der Waals surface area contributed by atoms with Crippen molar-refractivity contribution < 1.29 is 4.42 Å². The van der Waals surface area contributed by atoms with Crippen molar-refractivity contribution in [1.82, 2.24) is 9.97 Å². The number of hydrogen-bond acceptors (Lipinski definition) is 4. The number of rotatable bonds is 5. The lowest BCUT2D eigenvalue weighted by Gasteiger charge is -2.10. The van der Waals surface area contributed by atoms with E-state index in [0.29, 0.717) is 11.7 Å². The van der Waals surface area contributed by atoms with E-state index in [-0.39, 0.29) is 0 Å². The average molecular weight is 397 g/mol. The van der Waals surface area contributed by atoms with E-state index in [4.69, 9.17) is 4.42 Å². The summed E-state index contributed by atoms with van der Waals surface area (Å²) in [6, 6.07) is 4.07. The van der Waals surface area contributed by atoms with Gasteiger partial charge in [-0.2, -0.15) is 0 Å². The Morgan fingerprint density at radius 1 is 1.33 bits per heavy atom. The van der Waals surface area contributed by atoms with Gasteiger partial charge in [0.1, 0.15) is 11.6 Å². The van der Waals surface area contributed by atoms with Crippen molar-refractivity contribution in [1.29, 1.82) is 0 Å². The highest BCUT2D eigenvalue weighted by atomic mass is 127. The van der Waals surface area contributed by atoms with Crippen LogP contribution in [0.5, 0.6) is 0 Å². The van der Waals surface area contributed by atoms with Gasteiger partial charge in [-0.3, -0.25) is 0 Å². The molecule has 2 aromatic rings. The Kier molecular flexibility index (Phi) is 4.19. The molecule has 0 saturated heterocycles. The second kappa shape index (κ2) is 5.94. The van der Waals surface area contributed by atoms with Gasteiger partial charge in [0.15, 0.2) is 11.6 Å². The lowest BCUT2D eigenvalue weighted by molar-refractivity contribution is 0.514. The van der Waals surface area contributed by atoms with Gasteiger partial charge in [-0.15, -0.1) is 0 Å². The van der Waals surface area contributed by atoms with Gasteiger partial charge in [-0.25, -0.2) is 9.97 Å². The molecule has 21 heavy (non-hydrogen) atoms. The van der Waals surface area contributed by atoms with Gasteiger partial charge in [0.05, 0.1) is 9.26 Å². The molecule has 2 heterocycles. The highest BCUT2D eigenvalue weighted by Crippen LogP contribution is 2.47. The molecular formula is C16H20IN3O. The van der Waals surface area contributed by atoms with Crippen molar-refractivity contribution >= 4 is 28.4 Å². The van der Waals surface area contributed by atoms with Crippen LogP contribution in [0.3, 0.4) is 0 Å². The summed E-state index contributed by atoms with van der Waals surface area (Å²) in [5.41, 5.74) is 1.06. The van der Waals surface area contributed by atoms with Crippen molar-refractivity contribution in [3.05, 3.63) is 27.2 Å². The molecule has 1 fully saturated rings. The molecule has 1 aliphatic rings. The lowest BCUT2D eigenvalue weighted by Crippen LogP contribution is -2.07. The molecule has 0 bridgehead atoms. The number of nitrogens with zero attached hydrogens (tertiary/aromatic N) is 2. The first kappa shape index (κ1) is 14.8. The predicted molar refractivity (Wildman–Crippen MR) is 92.5 cm³/mol. The van der Waals surface area contributed by atoms with Gasteiger partial charge in [-0.05, 0) is 60.4 Å². The lowest BCUT2D eigenvalue weighted by atomic mass is 10.2. The zero-order valence-corrected chi connectivity index (χ0v) is 14.8. The van der Waals surface area contributed by atoms with Crippen LogP contribution in [0.2, 0.25) is 0 Å². The van der Waals surface area contributed by atoms with E-state index < -0.39 is 0 Å². The Labute approximate surface area is 138 Å². The Balaban J connectivity index is 1.97. The average Bonchev–Trinajstić information content (AvgIpc) is 3.02. The minimum atomic E-state index is 0.585. The number of furan rings is 1. The van der Waals surface area contributed by atoms with Gasteiger partial charge in [0.25, 0.3) is 0 Å². The third kappa shape index (κ3) is 2.93. The Morgan fingerprint density at radius 2 is 2.10 bits per heavy atom. The SMILES string of the molecule is CCNc1nc(-c2ccc(C3CC3C)o2)nc(CC)c1I. The fourth-order valence-corrected chi connectivity index (χ4v) is 3.33. The maximum Gasteiger partial charge on any atom is 0.197 e. The van der Waals surface area contributed by atoms with Gasteiger partial charge in [0.2, 0.25) is 0 Å². The molecule has 2 unspecified atom stereocenters. The second-order valence-corrected chi connectivity index (χ2v) is 6.64. The number of hydrogen-bond donors (Lipinski definition) is 1. The fourth-order valence-electron chi connectivity index (χ4n) is 2.51. The standard InChI is InChI=1S/C16H20IN3O/c1-4-11-14(17)16(18-5-2)20-15(19-11)13-7-6-12(21-13)10-8-9(10)3/h6-7,9-10H,4-5,8H2,1-3H3,(H,18,19,20). The summed E-state index contributed by atoms with van der Waals surface area (Å²) in [6.45, 7) is 7.29. The van der Waals surface area contributed by atoms with Gasteiger partial charge in [0, 0.05) is 12.5 Å². The van der Waals surface area contributed by atoms with Crippen LogP contribution in [-0.4, -0.2) is 16.5 Å². The van der Waals surface area contributed by atoms with Crippen molar-refractivity contribution in [2.45, 2.75) is 39.5 Å². The highest BCUT2D eigenvalue weighted by Gasteiger charge is 2.36. The summed E-state index contributed by atoms with van der Waals surface area (Å²) in [6.07, 6.45) is 2.11. The van der Waals surface area contributed by atoms with Crippen molar-refractivity contribution in [2.24, 2.45) is 5.92 Å². The van der Waals surface area contributed by atoms with Crippen LogP contribution in [0.15, 0.2) is 16.5 Å². The molecule has 4 nitrogen and oxygen atoms in total. The van der Waals surface area contributed by atoms with E-state index >= 15 is 0 Å². The molecule has 1 aliphatic carbocycles. The third-order valence-electron chi connectivity index (χ3n) is 3.92. The van der Waals surface area contributed by atoms with Crippen LogP contribution < -0.4 is 5.32 Å². The first-order chi connectivity index (χ1) is 10.1. The molecule has 2 aromatic heterocycles. The largest absolute Gasteiger partial charge is 0.457 e. The summed E-state index contributed by atoms with van der Waals surface area (Å²) < 4.78 is 7.08. The molecule has 1 N–H and O–H groups in total. The van der Waals surface area contributed by atoms with Crippen molar-refractivity contribution in [3.63, 3.8) is 0 Å². The van der Waals surface area contributed by atoms with E-state index in [9.17, 15) is 0 Å². The summed E-state index contributed by atoms with van der Waals surface area (Å²) in [5.74, 6) is 4.75. The normalized spacial score (nSPS) is 20.6. The second-order valence-electron chi connectivity index (χ2n) is 5.56. The van der Waals surface area contributed by atoms with E-state index in [2.05, 4.69) is 64.7 Å². The smallest absolute Gasteiger partial charge is 0.197 e. The molecule has 0 spiro atoms. The minimum absolute atomic E-state index is 0.585. The molecule has 5 heteroatoms. The number of anilines is 1. The number of nitrogens with one attached hydrogen (secondary N) is 1. The van der Waals surface area contributed by atoms with Crippen LogP contribution in [0.4, 0.5) is 5.82 Å². The van der Waals surface area contributed by atoms with E-state index in [1.807, 2.05) is 6.07 Å². The first-order valence-electron chi connectivity index (χ1n) is 7.54. The highest BCUT2D eigenvalue weighted by molar-refractivity contribution is 14.1. The third-order valence-corrected chi connectivity index (χ3v) is 5.05. The summed E-state index contributed by atoms with van der Waals surface area (Å²) in [5, 5.41) is 3.31. The maximum absolute atomic E-state index is 5.98. The molecule has 0 amide bonds. The van der Waals surface area contributed by atoms with Crippen LogP contribution in [-0.2, 0) is 6.42 Å². The van der Waals surface area contributed by atoms with Crippen LogP contribution in [0.1, 0.15) is 44.6 Å². The van der Waals surface area contributed by atoms with E-state index in [0.717, 1.165) is 45.5 Å². The monoisotopic (exact) mass is 397 g/mol. The number of aromatic nitrogens is 2.